The number of sulfonamides is 1. The van der Waals surface area contributed by atoms with Gasteiger partial charge < -0.3 is 4.98 Å². The Balaban J connectivity index is 1.96. The molecule has 2 aromatic carbocycles. The molecule has 4 nitrogen and oxygen atoms in total. The van der Waals surface area contributed by atoms with Gasteiger partial charge in [0.25, 0.3) is 10.0 Å². The topological polar surface area (TPSA) is 62.0 Å². The quantitative estimate of drug-likeness (QED) is 0.756. The van der Waals surface area contributed by atoms with Crippen LogP contribution in [0.4, 0.5) is 10.1 Å². The first-order chi connectivity index (χ1) is 10.3. The Hall–Kier alpha value is -2.05. The Morgan fingerprint density at radius 3 is 2.64 bits per heavy atom. The van der Waals surface area contributed by atoms with Gasteiger partial charge in [-0.3, -0.25) is 4.72 Å². The van der Waals surface area contributed by atoms with E-state index in [1.807, 2.05) is 13.0 Å². The van der Waals surface area contributed by atoms with Crippen LogP contribution in [-0.4, -0.2) is 13.4 Å². The van der Waals surface area contributed by atoms with Gasteiger partial charge in [-0.1, -0.05) is 11.6 Å². The Bertz CT molecular complexity index is 967. The Kier molecular flexibility index (Phi) is 3.58. The molecule has 0 radical (unpaired) electrons. The molecule has 22 heavy (non-hydrogen) atoms. The number of aromatic amines is 1. The van der Waals surface area contributed by atoms with E-state index >= 15 is 0 Å². The van der Waals surface area contributed by atoms with Gasteiger partial charge in [0.05, 0.1) is 9.92 Å². The predicted octanol–water partition coefficient (Wildman–Crippen LogP) is 4.07. The van der Waals surface area contributed by atoms with Gasteiger partial charge in [-0.15, -0.1) is 0 Å². The van der Waals surface area contributed by atoms with E-state index in [1.165, 1.54) is 6.07 Å². The fraction of sp³-hybridized carbons (Fsp3) is 0.0667. The second-order valence-electron chi connectivity index (χ2n) is 4.94. The standard InChI is InChI=1S/C15H12ClFN2O2S/c1-9-6-10-7-11(2-5-15(10)18-9)19-22(20,21)12-3-4-14(17)13(16)8-12/h2-8,18-19H,1H3. The molecule has 114 valence electrons. The van der Waals surface area contributed by atoms with E-state index < -0.39 is 15.8 Å². The van der Waals surface area contributed by atoms with Gasteiger partial charge in [0.1, 0.15) is 5.82 Å². The van der Waals surface area contributed by atoms with Crippen LogP contribution < -0.4 is 4.72 Å². The van der Waals surface area contributed by atoms with Gasteiger partial charge in [-0.2, -0.15) is 0 Å². The summed E-state index contributed by atoms with van der Waals surface area (Å²) in [6, 6.07) is 10.4. The number of hydrogen-bond donors (Lipinski definition) is 2. The van der Waals surface area contributed by atoms with Gasteiger partial charge in [-0.05, 0) is 49.4 Å². The maximum absolute atomic E-state index is 13.1. The van der Waals surface area contributed by atoms with Gasteiger partial charge in [0.2, 0.25) is 0 Å². The van der Waals surface area contributed by atoms with E-state index in [0.29, 0.717) is 5.69 Å². The highest BCUT2D eigenvalue weighted by molar-refractivity contribution is 7.92. The van der Waals surface area contributed by atoms with Crippen molar-refractivity contribution < 1.29 is 12.8 Å². The third-order valence-corrected chi connectivity index (χ3v) is 4.88. The summed E-state index contributed by atoms with van der Waals surface area (Å²) in [5.74, 6) is -0.662. The van der Waals surface area contributed by atoms with Crippen molar-refractivity contribution in [3.05, 3.63) is 59.0 Å². The number of H-pyrrole nitrogens is 1. The van der Waals surface area contributed by atoms with E-state index in [0.717, 1.165) is 28.7 Å². The molecule has 0 saturated carbocycles. The van der Waals surface area contributed by atoms with Crippen LogP contribution in [0.25, 0.3) is 10.9 Å². The molecule has 0 aliphatic carbocycles. The number of benzene rings is 2. The molecule has 0 spiro atoms. The zero-order valence-corrected chi connectivity index (χ0v) is 13.1. The summed E-state index contributed by atoms with van der Waals surface area (Å²) in [4.78, 5) is 3.06. The van der Waals surface area contributed by atoms with Crippen LogP contribution in [0.1, 0.15) is 5.69 Å². The van der Waals surface area contributed by atoms with Crippen molar-refractivity contribution in [2.45, 2.75) is 11.8 Å². The van der Waals surface area contributed by atoms with Crippen molar-refractivity contribution in [2.24, 2.45) is 0 Å². The molecular formula is C15H12ClFN2O2S. The Labute approximate surface area is 132 Å². The van der Waals surface area contributed by atoms with Crippen molar-refractivity contribution in [1.29, 1.82) is 0 Å². The van der Waals surface area contributed by atoms with E-state index in [9.17, 15) is 12.8 Å². The summed E-state index contributed by atoms with van der Waals surface area (Å²) in [5.41, 5.74) is 2.33. The Morgan fingerprint density at radius 1 is 1.14 bits per heavy atom. The summed E-state index contributed by atoms with van der Waals surface area (Å²) >= 11 is 5.63. The van der Waals surface area contributed by atoms with Gasteiger partial charge in [-0.25, -0.2) is 12.8 Å². The number of rotatable bonds is 3. The number of hydrogen-bond acceptors (Lipinski definition) is 2. The maximum atomic E-state index is 13.1. The predicted molar refractivity (Wildman–Crippen MR) is 85.3 cm³/mol. The third-order valence-electron chi connectivity index (χ3n) is 3.21. The molecule has 0 amide bonds. The van der Waals surface area contributed by atoms with E-state index in [4.69, 9.17) is 11.6 Å². The van der Waals surface area contributed by atoms with Crippen LogP contribution in [0.5, 0.6) is 0 Å². The van der Waals surface area contributed by atoms with Gasteiger partial charge in [0, 0.05) is 22.3 Å². The van der Waals surface area contributed by atoms with E-state index in [-0.39, 0.29) is 9.92 Å². The molecule has 0 aliphatic rings. The molecule has 1 aromatic heterocycles. The fourth-order valence-electron chi connectivity index (χ4n) is 2.20. The molecule has 1 heterocycles. The lowest BCUT2D eigenvalue weighted by molar-refractivity contribution is 0.599. The molecule has 0 saturated heterocycles. The third kappa shape index (κ3) is 2.80. The number of nitrogens with one attached hydrogen (secondary N) is 2. The molecule has 3 aromatic rings. The zero-order chi connectivity index (χ0) is 15.9. The molecule has 0 fully saturated rings. The van der Waals surface area contributed by atoms with Crippen molar-refractivity contribution in [2.75, 3.05) is 4.72 Å². The molecular weight excluding hydrogens is 327 g/mol. The van der Waals surface area contributed by atoms with Gasteiger partial charge >= 0.3 is 0 Å². The van der Waals surface area contributed by atoms with E-state index in [1.54, 1.807) is 18.2 Å². The van der Waals surface area contributed by atoms with Crippen LogP contribution in [0, 0.1) is 12.7 Å². The summed E-state index contributed by atoms with van der Waals surface area (Å²) in [7, 11) is -3.83. The number of aryl methyl sites for hydroxylation is 1. The highest BCUT2D eigenvalue weighted by Gasteiger charge is 2.16. The Morgan fingerprint density at radius 2 is 1.91 bits per heavy atom. The lowest BCUT2D eigenvalue weighted by Gasteiger charge is -2.08. The summed E-state index contributed by atoms with van der Waals surface area (Å²) in [5, 5.41) is 0.662. The first-order valence-electron chi connectivity index (χ1n) is 6.42. The van der Waals surface area contributed by atoms with Crippen molar-refractivity contribution in [3.63, 3.8) is 0 Å². The summed E-state index contributed by atoms with van der Waals surface area (Å²) in [6.07, 6.45) is 0. The highest BCUT2D eigenvalue weighted by atomic mass is 35.5. The smallest absolute Gasteiger partial charge is 0.261 e. The van der Waals surface area contributed by atoms with Gasteiger partial charge in [0.15, 0.2) is 0 Å². The minimum atomic E-state index is -3.83. The molecule has 0 aliphatic heterocycles. The average Bonchev–Trinajstić information content (AvgIpc) is 2.80. The second kappa shape index (κ2) is 5.30. The maximum Gasteiger partial charge on any atom is 0.261 e. The number of fused-ring (bicyclic) bond motifs is 1. The molecule has 3 rings (SSSR count). The monoisotopic (exact) mass is 338 g/mol. The first kappa shape index (κ1) is 14.9. The summed E-state index contributed by atoms with van der Waals surface area (Å²) in [6.45, 7) is 1.92. The van der Waals surface area contributed by atoms with Crippen LogP contribution in [-0.2, 0) is 10.0 Å². The van der Waals surface area contributed by atoms with Crippen LogP contribution in [0.15, 0.2) is 47.4 Å². The van der Waals surface area contributed by atoms with E-state index in [2.05, 4.69) is 9.71 Å². The van der Waals surface area contributed by atoms with Crippen molar-refractivity contribution >= 4 is 38.2 Å². The molecule has 0 bridgehead atoms. The van der Waals surface area contributed by atoms with Crippen LogP contribution >= 0.6 is 11.6 Å². The largest absolute Gasteiger partial charge is 0.359 e. The van der Waals surface area contributed by atoms with Crippen LogP contribution in [0.3, 0.4) is 0 Å². The molecule has 7 heteroatoms. The lowest BCUT2D eigenvalue weighted by Crippen LogP contribution is -2.13. The average molecular weight is 339 g/mol. The van der Waals surface area contributed by atoms with Crippen molar-refractivity contribution in [3.8, 4) is 0 Å². The number of halogens is 2. The minimum absolute atomic E-state index is 0.0933. The summed E-state index contributed by atoms with van der Waals surface area (Å²) < 4.78 is 40.2. The number of aromatic nitrogens is 1. The number of anilines is 1. The zero-order valence-electron chi connectivity index (χ0n) is 11.5. The van der Waals surface area contributed by atoms with Crippen molar-refractivity contribution in [1.82, 2.24) is 4.98 Å². The SMILES string of the molecule is Cc1cc2cc(NS(=O)(=O)c3ccc(F)c(Cl)c3)ccc2[nH]1. The first-order valence-corrected chi connectivity index (χ1v) is 8.28. The lowest BCUT2D eigenvalue weighted by atomic mass is 10.2. The highest BCUT2D eigenvalue weighted by Crippen LogP contribution is 2.24. The normalized spacial score (nSPS) is 11.8. The van der Waals surface area contributed by atoms with Crippen LogP contribution in [0.2, 0.25) is 5.02 Å². The molecule has 2 N–H and O–H groups in total. The second-order valence-corrected chi connectivity index (χ2v) is 7.03. The minimum Gasteiger partial charge on any atom is -0.359 e. The fourth-order valence-corrected chi connectivity index (χ4v) is 3.52. The molecule has 0 atom stereocenters. The molecule has 0 unspecified atom stereocenters.